The molecule has 1 aliphatic rings. The summed E-state index contributed by atoms with van der Waals surface area (Å²) in [6.07, 6.45) is 0.0295. The van der Waals surface area contributed by atoms with Crippen molar-refractivity contribution < 1.29 is 19.1 Å². The molecule has 0 atom stereocenters. The molecule has 7 nitrogen and oxygen atoms in total. The van der Waals surface area contributed by atoms with Crippen molar-refractivity contribution in [2.24, 2.45) is 5.10 Å². The molecule has 0 radical (unpaired) electrons. The van der Waals surface area contributed by atoms with Crippen molar-refractivity contribution in [3.8, 4) is 11.5 Å². The number of rotatable bonds is 4. The molecule has 0 spiro atoms. The van der Waals surface area contributed by atoms with E-state index in [9.17, 15) is 9.59 Å². The molecule has 128 valence electrons. The summed E-state index contributed by atoms with van der Waals surface area (Å²) >= 11 is 0. The van der Waals surface area contributed by atoms with Gasteiger partial charge in [0.05, 0.1) is 26.3 Å². The molecule has 2 aromatic carbocycles. The van der Waals surface area contributed by atoms with E-state index < -0.39 is 5.91 Å². The maximum Gasteiger partial charge on any atom is 0.256 e. The minimum Gasteiger partial charge on any atom is -0.497 e. The maximum atomic E-state index is 12.5. The Bertz CT molecular complexity index is 811. The summed E-state index contributed by atoms with van der Waals surface area (Å²) in [5.41, 5.74) is 1.00. The quantitative estimate of drug-likeness (QED) is 0.926. The fourth-order valence-electron chi connectivity index (χ4n) is 2.41. The van der Waals surface area contributed by atoms with Crippen molar-refractivity contribution in [1.82, 2.24) is 5.32 Å². The van der Waals surface area contributed by atoms with E-state index in [2.05, 4.69) is 10.4 Å². The first kappa shape index (κ1) is 16.5. The molecule has 0 saturated heterocycles. The highest BCUT2D eigenvalue weighted by atomic mass is 16.5. The molecular formula is C18H17N3O4. The molecular weight excluding hydrogens is 322 g/mol. The first-order valence-electron chi connectivity index (χ1n) is 7.60. The van der Waals surface area contributed by atoms with Crippen LogP contribution in [0.15, 0.2) is 53.6 Å². The summed E-state index contributed by atoms with van der Waals surface area (Å²) < 4.78 is 10.3. The minimum absolute atomic E-state index is 0.0295. The van der Waals surface area contributed by atoms with Gasteiger partial charge in [-0.25, -0.2) is 0 Å². The van der Waals surface area contributed by atoms with Crippen LogP contribution in [0.3, 0.4) is 0 Å². The maximum absolute atomic E-state index is 12.5. The number of carbonyl (C=O) groups is 2. The Labute approximate surface area is 144 Å². The lowest BCUT2D eigenvalue weighted by molar-refractivity contribution is -0.116. The van der Waals surface area contributed by atoms with Gasteiger partial charge in [-0.3, -0.25) is 9.59 Å². The van der Waals surface area contributed by atoms with E-state index in [0.29, 0.717) is 28.6 Å². The second-order valence-corrected chi connectivity index (χ2v) is 5.32. The normalized spacial score (nSPS) is 13.4. The number of hydrogen-bond acceptors (Lipinski definition) is 5. The van der Waals surface area contributed by atoms with Crippen molar-refractivity contribution in [3.05, 3.63) is 54.1 Å². The van der Waals surface area contributed by atoms with Gasteiger partial charge in [-0.15, -0.1) is 0 Å². The molecule has 2 aromatic rings. The lowest BCUT2D eigenvalue weighted by Gasteiger charge is -2.10. The Morgan fingerprint density at radius 2 is 1.72 bits per heavy atom. The van der Waals surface area contributed by atoms with Gasteiger partial charge in [-0.05, 0) is 24.3 Å². The zero-order valence-electron chi connectivity index (χ0n) is 13.9. The van der Waals surface area contributed by atoms with Crippen molar-refractivity contribution in [2.75, 3.05) is 19.2 Å². The van der Waals surface area contributed by atoms with E-state index >= 15 is 0 Å². The van der Waals surface area contributed by atoms with E-state index in [1.807, 2.05) is 18.2 Å². The molecule has 0 aliphatic carbocycles. The summed E-state index contributed by atoms with van der Waals surface area (Å²) in [7, 11) is 3.02. The average molecular weight is 339 g/mol. The standard InChI is InChI=1S/C18H17N3O4/c1-24-14-8-12(9-15(10-14)25-2)18(23)19-16-11-17(22)21(20-16)13-6-4-3-5-7-13/h3-10H,11H2,1-2H3,(H,19,20,23). The Hall–Kier alpha value is -3.35. The van der Waals surface area contributed by atoms with Crippen LogP contribution in [0.25, 0.3) is 0 Å². The Morgan fingerprint density at radius 1 is 1.08 bits per heavy atom. The number of amidine groups is 1. The van der Waals surface area contributed by atoms with Gasteiger partial charge in [0.2, 0.25) is 0 Å². The van der Waals surface area contributed by atoms with Crippen LogP contribution in [-0.4, -0.2) is 31.9 Å². The van der Waals surface area contributed by atoms with Crippen LogP contribution in [0.5, 0.6) is 11.5 Å². The second-order valence-electron chi connectivity index (χ2n) is 5.32. The average Bonchev–Trinajstić information content (AvgIpc) is 3.02. The Balaban J connectivity index is 1.78. The molecule has 25 heavy (non-hydrogen) atoms. The molecule has 0 aromatic heterocycles. The SMILES string of the molecule is COc1cc(OC)cc(C(=O)NC2=NN(c3ccccc3)C(=O)C2)c1. The molecule has 1 aliphatic heterocycles. The summed E-state index contributed by atoms with van der Waals surface area (Å²) in [6.45, 7) is 0. The number of benzene rings is 2. The minimum atomic E-state index is -0.390. The van der Waals surface area contributed by atoms with Crippen LogP contribution < -0.4 is 19.8 Å². The number of hydrazone groups is 1. The van der Waals surface area contributed by atoms with Gasteiger partial charge in [0, 0.05) is 11.6 Å². The van der Waals surface area contributed by atoms with Crippen LogP contribution in [0.4, 0.5) is 5.69 Å². The van der Waals surface area contributed by atoms with Crippen LogP contribution in [-0.2, 0) is 4.79 Å². The lowest BCUT2D eigenvalue weighted by atomic mass is 10.2. The summed E-state index contributed by atoms with van der Waals surface area (Å²) in [6, 6.07) is 13.9. The van der Waals surface area contributed by atoms with E-state index in [1.165, 1.54) is 19.2 Å². The van der Waals surface area contributed by atoms with Crippen molar-refractivity contribution in [2.45, 2.75) is 6.42 Å². The summed E-state index contributed by atoms with van der Waals surface area (Å²) in [5.74, 6) is 0.698. The fourth-order valence-corrected chi connectivity index (χ4v) is 2.41. The van der Waals surface area contributed by atoms with Gasteiger partial charge in [-0.2, -0.15) is 10.1 Å². The highest BCUT2D eigenvalue weighted by Gasteiger charge is 2.26. The smallest absolute Gasteiger partial charge is 0.256 e. The molecule has 1 N–H and O–H groups in total. The summed E-state index contributed by atoms with van der Waals surface area (Å²) in [4.78, 5) is 24.6. The number of nitrogens with zero attached hydrogens (tertiary/aromatic N) is 2. The number of nitrogens with one attached hydrogen (secondary N) is 1. The van der Waals surface area contributed by atoms with E-state index in [4.69, 9.17) is 9.47 Å². The fraction of sp³-hybridized carbons (Fsp3) is 0.167. The molecule has 0 fully saturated rings. The molecule has 2 amide bonds. The number of para-hydroxylation sites is 1. The second kappa shape index (κ2) is 7.04. The number of ether oxygens (including phenoxy) is 2. The van der Waals surface area contributed by atoms with Crippen LogP contribution in [0, 0.1) is 0 Å². The Morgan fingerprint density at radius 3 is 2.32 bits per heavy atom. The number of anilines is 1. The highest BCUT2D eigenvalue weighted by Crippen LogP contribution is 2.23. The van der Waals surface area contributed by atoms with E-state index in [1.54, 1.807) is 30.3 Å². The van der Waals surface area contributed by atoms with Gasteiger partial charge in [0.15, 0.2) is 0 Å². The molecule has 1 heterocycles. The summed E-state index contributed by atoms with van der Waals surface area (Å²) in [5, 5.41) is 8.14. The predicted molar refractivity (Wildman–Crippen MR) is 93.0 cm³/mol. The van der Waals surface area contributed by atoms with Crippen molar-refractivity contribution in [3.63, 3.8) is 0 Å². The number of hydrogen-bond donors (Lipinski definition) is 1. The number of methoxy groups -OCH3 is 2. The van der Waals surface area contributed by atoms with Gasteiger partial charge in [-0.1, -0.05) is 18.2 Å². The third kappa shape index (κ3) is 3.60. The topological polar surface area (TPSA) is 80.2 Å². The van der Waals surface area contributed by atoms with Crippen LogP contribution in [0.2, 0.25) is 0 Å². The molecule has 7 heteroatoms. The lowest BCUT2D eigenvalue weighted by Crippen LogP contribution is -2.29. The first-order chi connectivity index (χ1) is 12.1. The number of amides is 2. The van der Waals surface area contributed by atoms with Crippen molar-refractivity contribution >= 4 is 23.3 Å². The zero-order valence-corrected chi connectivity index (χ0v) is 13.9. The number of carbonyl (C=O) groups excluding carboxylic acids is 2. The van der Waals surface area contributed by atoms with Crippen LogP contribution >= 0.6 is 0 Å². The largest absolute Gasteiger partial charge is 0.497 e. The first-order valence-corrected chi connectivity index (χ1v) is 7.60. The molecule has 0 unspecified atom stereocenters. The van der Waals surface area contributed by atoms with Gasteiger partial charge in [0.1, 0.15) is 17.3 Å². The van der Waals surface area contributed by atoms with E-state index in [0.717, 1.165) is 0 Å². The molecule has 3 rings (SSSR count). The third-order valence-corrected chi connectivity index (χ3v) is 3.65. The predicted octanol–water partition coefficient (Wildman–Crippen LogP) is 2.18. The van der Waals surface area contributed by atoms with Gasteiger partial charge in [0.25, 0.3) is 11.8 Å². The van der Waals surface area contributed by atoms with Gasteiger partial charge >= 0.3 is 0 Å². The molecule has 0 saturated carbocycles. The monoisotopic (exact) mass is 339 g/mol. The van der Waals surface area contributed by atoms with Crippen LogP contribution in [0.1, 0.15) is 16.8 Å². The Kier molecular flexibility index (Phi) is 4.65. The highest BCUT2D eigenvalue weighted by molar-refractivity contribution is 6.17. The zero-order chi connectivity index (χ0) is 17.8. The molecule has 0 bridgehead atoms. The van der Waals surface area contributed by atoms with Gasteiger partial charge < -0.3 is 14.8 Å². The third-order valence-electron chi connectivity index (χ3n) is 3.65. The van der Waals surface area contributed by atoms with Crippen molar-refractivity contribution in [1.29, 1.82) is 0 Å². The van der Waals surface area contributed by atoms with E-state index in [-0.39, 0.29) is 12.3 Å².